The van der Waals surface area contributed by atoms with Gasteiger partial charge in [-0.15, -0.1) is 0 Å². The number of hydrogen-bond donors (Lipinski definition) is 1. The van der Waals surface area contributed by atoms with Crippen LogP contribution in [0.5, 0.6) is 0 Å². The maximum Gasteiger partial charge on any atom is 0.172 e. The number of fused-ring (bicyclic) bond motifs is 1. The molecule has 0 saturated heterocycles. The zero-order valence-corrected chi connectivity index (χ0v) is 11.9. The number of halogens is 1. The van der Waals surface area contributed by atoms with E-state index in [-0.39, 0.29) is 0 Å². The standard InChI is InChI=1S/C15H13ClN4/c1-9-10(2)19-15(14(16)18-9)20-13-5-3-4-11-8-17-7-6-12(11)13/h3-8H,1-2H3,(H,19,20). The molecule has 5 heteroatoms. The first-order chi connectivity index (χ1) is 9.65. The van der Waals surface area contributed by atoms with Gasteiger partial charge in [0.2, 0.25) is 0 Å². The highest BCUT2D eigenvalue weighted by Gasteiger charge is 2.09. The molecule has 0 aliphatic carbocycles. The van der Waals surface area contributed by atoms with Crippen LogP contribution in [0.2, 0.25) is 5.15 Å². The molecular formula is C15H13ClN4. The fraction of sp³-hybridized carbons (Fsp3) is 0.133. The fourth-order valence-corrected chi connectivity index (χ4v) is 2.23. The lowest BCUT2D eigenvalue weighted by Crippen LogP contribution is -2.01. The van der Waals surface area contributed by atoms with Crippen LogP contribution in [0.3, 0.4) is 0 Å². The summed E-state index contributed by atoms with van der Waals surface area (Å²) in [6.45, 7) is 3.80. The molecule has 2 heterocycles. The van der Waals surface area contributed by atoms with E-state index in [2.05, 4.69) is 20.3 Å². The summed E-state index contributed by atoms with van der Waals surface area (Å²) in [7, 11) is 0. The van der Waals surface area contributed by atoms with Gasteiger partial charge in [0.1, 0.15) is 0 Å². The van der Waals surface area contributed by atoms with Crippen LogP contribution in [-0.2, 0) is 0 Å². The van der Waals surface area contributed by atoms with Crippen LogP contribution in [0.4, 0.5) is 11.5 Å². The van der Waals surface area contributed by atoms with Crippen molar-refractivity contribution in [2.75, 3.05) is 5.32 Å². The average Bonchev–Trinajstić information content (AvgIpc) is 2.45. The Morgan fingerprint density at radius 2 is 1.85 bits per heavy atom. The second-order valence-corrected chi connectivity index (χ2v) is 4.92. The van der Waals surface area contributed by atoms with Crippen LogP contribution in [0.1, 0.15) is 11.4 Å². The van der Waals surface area contributed by atoms with E-state index in [1.807, 2.05) is 44.3 Å². The minimum absolute atomic E-state index is 0.374. The number of nitrogens with one attached hydrogen (secondary N) is 1. The topological polar surface area (TPSA) is 50.7 Å². The van der Waals surface area contributed by atoms with Crippen molar-refractivity contribution in [2.24, 2.45) is 0 Å². The summed E-state index contributed by atoms with van der Waals surface area (Å²) in [4.78, 5) is 12.9. The largest absolute Gasteiger partial charge is 0.337 e. The quantitative estimate of drug-likeness (QED) is 0.771. The number of pyridine rings is 1. The van der Waals surface area contributed by atoms with Crippen molar-refractivity contribution in [1.82, 2.24) is 15.0 Å². The van der Waals surface area contributed by atoms with Gasteiger partial charge in [0.25, 0.3) is 0 Å². The Balaban J connectivity index is 2.08. The molecule has 0 atom stereocenters. The number of rotatable bonds is 2. The van der Waals surface area contributed by atoms with Crippen molar-refractivity contribution in [3.05, 3.63) is 53.2 Å². The molecule has 1 N–H and O–H groups in total. The maximum atomic E-state index is 6.15. The molecule has 2 aromatic heterocycles. The van der Waals surface area contributed by atoms with Gasteiger partial charge in [-0.1, -0.05) is 23.7 Å². The summed E-state index contributed by atoms with van der Waals surface area (Å²) < 4.78 is 0. The molecular weight excluding hydrogens is 272 g/mol. The van der Waals surface area contributed by atoms with Gasteiger partial charge >= 0.3 is 0 Å². The molecule has 0 saturated carbocycles. The molecule has 0 aliphatic rings. The van der Waals surface area contributed by atoms with Gasteiger partial charge in [0.15, 0.2) is 11.0 Å². The van der Waals surface area contributed by atoms with Crippen molar-refractivity contribution >= 4 is 33.9 Å². The van der Waals surface area contributed by atoms with Crippen molar-refractivity contribution < 1.29 is 0 Å². The van der Waals surface area contributed by atoms with Gasteiger partial charge in [-0.25, -0.2) is 9.97 Å². The third-order valence-electron chi connectivity index (χ3n) is 3.20. The van der Waals surface area contributed by atoms with Gasteiger partial charge in [0, 0.05) is 28.9 Å². The summed E-state index contributed by atoms with van der Waals surface area (Å²) >= 11 is 6.15. The van der Waals surface area contributed by atoms with E-state index in [0.717, 1.165) is 27.8 Å². The third kappa shape index (κ3) is 2.30. The van der Waals surface area contributed by atoms with Gasteiger partial charge in [-0.3, -0.25) is 4.98 Å². The lowest BCUT2D eigenvalue weighted by Gasteiger charge is -2.11. The zero-order chi connectivity index (χ0) is 14.1. The van der Waals surface area contributed by atoms with E-state index >= 15 is 0 Å². The highest BCUT2D eigenvalue weighted by molar-refractivity contribution is 6.31. The molecule has 3 rings (SSSR count). The highest BCUT2D eigenvalue weighted by Crippen LogP contribution is 2.28. The van der Waals surface area contributed by atoms with E-state index in [0.29, 0.717) is 11.0 Å². The van der Waals surface area contributed by atoms with Crippen molar-refractivity contribution in [3.63, 3.8) is 0 Å². The zero-order valence-electron chi connectivity index (χ0n) is 11.2. The van der Waals surface area contributed by atoms with E-state index in [9.17, 15) is 0 Å². The molecule has 0 amide bonds. The second-order valence-electron chi connectivity index (χ2n) is 4.56. The Bertz CT molecular complexity index is 781. The number of aryl methyl sites for hydroxylation is 2. The lowest BCUT2D eigenvalue weighted by atomic mass is 10.1. The first kappa shape index (κ1) is 12.8. The number of aromatic nitrogens is 3. The molecule has 3 aromatic rings. The second kappa shape index (κ2) is 5.06. The number of benzene rings is 1. The molecule has 1 aromatic carbocycles. The Morgan fingerprint density at radius 3 is 2.70 bits per heavy atom. The van der Waals surface area contributed by atoms with Crippen LogP contribution in [0.25, 0.3) is 10.8 Å². The summed E-state index contributed by atoms with van der Waals surface area (Å²) in [5.41, 5.74) is 2.63. The van der Waals surface area contributed by atoms with E-state index in [4.69, 9.17) is 11.6 Å². The van der Waals surface area contributed by atoms with Crippen LogP contribution in [0.15, 0.2) is 36.7 Å². The Morgan fingerprint density at radius 1 is 1.05 bits per heavy atom. The van der Waals surface area contributed by atoms with Gasteiger partial charge < -0.3 is 5.32 Å². The van der Waals surface area contributed by atoms with Crippen LogP contribution in [0, 0.1) is 13.8 Å². The molecule has 0 unspecified atom stereocenters. The van der Waals surface area contributed by atoms with E-state index < -0.39 is 0 Å². The Kier molecular flexibility index (Phi) is 3.24. The van der Waals surface area contributed by atoms with Crippen molar-refractivity contribution in [3.8, 4) is 0 Å². The lowest BCUT2D eigenvalue weighted by molar-refractivity contribution is 1.05. The number of nitrogens with zero attached hydrogens (tertiary/aromatic N) is 3. The molecule has 20 heavy (non-hydrogen) atoms. The molecule has 100 valence electrons. The minimum atomic E-state index is 0.374. The average molecular weight is 285 g/mol. The Labute approximate surface area is 121 Å². The normalized spacial score (nSPS) is 10.8. The molecule has 0 aliphatic heterocycles. The van der Waals surface area contributed by atoms with Crippen molar-refractivity contribution in [2.45, 2.75) is 13.8 Å². The number of hydrogen-bond acceptors (Lipinski definition) is 4. The highest BCUT2D eigenvalue weighted by atomic mass is 35.5. The SMILES string of the molecule is Cc1nc(Cl)c(Nc2cccc3cnccc23)nc1C. The Hall–Kier alpha value is -2.20. The summed E-state index contributed by atoms with van der Waals surface area (Å²) in [6, 6.07) is 7.92. The van der Waals surface area contributed by atoms with Crippen LogP contribution >= 0.6 is 11.6 Å². The third-order valence-corrected chi connectivity index (χ3v) is 3.46. The van der Waals surface area contributed by atoms with Gasteiger partial charge in [0.05, 0.1) is 11.4 Å². The van der Waals surface area contributed by atoms with E-state index in [1.54, 1.807) is 6.20 Å². The first-order valence-electron chi connectivity index (χ1n) is 6.25. The molecule has 0 fully saturated rings. The summed E-state index contributed by atoms with van der Waals surface area (Å²) in [5.74, 6) is 0.569. The molecule has 0 radical (unpaired) electrons. The molecule has 0 bridgehead atoms. The summed E-state index contributed by atoms with van der Waals surface area (Å²) in [5, 5.41) is 5.75. The van der Waals surface area contributed by atoms with Crippen LogP contribution < -0.4 is 5.32 Å². The molecule has 0 spiro atoms. The smallest absolute Gasteiger partial charge is 0.172 e. The monoisotopic (exact) mass is 284 g/mol. The first-order valence-corrected chi connectivity index (χ1v) is 6.63. The molecule has 4 nitrogen and oxygen atoms in total. The number of anilines is 2. The van der Waals surface area contributed by atoms with Crippen LogP contribution in [-0.4, -0.2) is 15.0 Å². The maximum absolute atomic E-state index is 6.15. The summed E-state index contributed by atoms with van der Waals surface area (Å²) in [6.07, 6.45) is 3.59. The predicted molar refractivity (Wildman–Crippen MR) is 81.5 cm³/mol. The van der Waals surface area contributed by atoms with E-state index in [1.165, 1.54) is 0 Å². The predicted octanol–water partition coefficient (Wildman–Crippen LogP) is 4.04. The van der Waals surface area contributed by atoms with Gasteiger partial charge in [-0.2, -0.15) is 0 Å². The van der Waals surface area contributed by atoms with Crippen molar-refractivity contribution in [1.29, 1.82) is 0 Å². The minimum Gasteiger partial charge on any atom is -0.337 e. The fourth-order valence-electron chi connectivity index (χ4n) is 2.01. The van der Waals surface area contributed by atoms with Gasteiger partial charge in [-0.05, 0) is 26.0 Å².